The lowest BCUT2D eigenvalue weighted by molar-refractivity contribution is 0.558. The summed E-state index contributed by atoms with van der Waals surface area (Å²) in [6, 6.07) is 5.49. The second kappa shape index (κ2) is 4.45. The van der Waals surface area contributed by atoms with Gasteiger partial charge < -0.3 is 5.32 Å². The number of halogens is 1. The molecule has 0 radical (unpaired) electrons. The zero-order chi connectivity index (χ0) is 10.7. The van der Waals surface area contributed by atoms with Gasteiger partial charge in [0.05, 0.1) is 0 Å². The number of hydrogen-bond acceptors (Lipinski definition) is 1. The third kappa shape index (κ3) is 2.47. The topological polar surface area (TPSA) is 12.0 Å². The summed E-state index contributed by atoms with van der Waals surface area (Å²) in [6.07, 6.45) is 0. The van der Waals surface area contributed by atoms with Crippen molar-refractivity contribution in [1.29, 1.82) is 0 Å². The molecule has 2 heteroatoms. The van der Waals surface area contributed by atoms with Crippen molar-refractivity contribution >= 4 is 5.69 Å². The Morgan fingerprint density at radius 3 is 2.43 bits per heavy atom. The molecular weight excluding hydrogens is 177 g/mol. The minimum Gasteiger partial charge on any atom is -0.382 e. The van der Waals surface area contributed by atoms with Gasteiger partial charge in [-0.1, -0.05) is 19.9 Å². The van der Waals surface area contributed by atoms with Gasteiger partial charge in [0.25, 0.3) is 0 Å². The molecule has 0 amide bonds. The third-order valence-corrected chi connectivity index (χ3v) is 2.65. The number of hydrogen-bond donors (Lipinski definition) is 1. The molecule has 0 aliphatic rings. The van der Waals surface area contributed by atoms with Crippen LogP contribution >= 0.6 is 0 Å². The molecular formula is C12H18FN. The van der Waals surface area contributed by atoms with E-state index in [4.69, 9.17) is 0 Å². The highest BCUT2D eigenvalue weighted by Gasteiger charge is 2.09. The highest BCUT2D eigenvalue weighted by molar-refractivity contribution is 5.51. The molecule has 0 aliphatic carbocycles. The molecule has 0 aromatic heterocycles. The molecule has 1 aromatic carbocycles. The molecule has 0 saturated carbocycles. The van der Waals surface area contributed by atoms with Crippen molar-refractivity contribution in [2.24, 2.45) is 5.92 Å². The maximum Gasteiger partial charge on any atom is 0.128 e. The van der Waals surface area contributed by atoms with Crippen LogP contribution in [0.2, 0.25) is 0 Å². The average Bonchev–Trinajstić information content (AvgIpc) is 2.12. The molecule has 1 N–H and O–H groups in total. The number of anilines is 1. The summed E-state index contributed by atoms with van der Waals surface area (Å²) < 4.78 is 13.2. The summed E-state index contributed by atoms with van der Waals surface area (Å²) in [5.74, 6) is 0.392. The summed E-state index contributed by atoms with van der Waals surface area (Å²) in [5, 5.41) is 3.31. The molecule has 0 aliphatic heterocycles. The first-order valence-electron chi connectivity index (χ1n) is 5.04. The Bertz CT molecular complexity index is 307. The predicted molar refractivity (Wildman–Crippen MR) is 59.1 cm³/mol. The van der Waals surface area contributed by atoms with Crippen molar-refractivity contribution in [2.75, 3.05) is 5.32 Å². The fourth-order valence-corrected chi connectivity index (χ4v) is 1.18. The Morgan fingerprint density at radius 1 is 1.21 bits per heavy atom. The monoisotopic (exact) mass is 195 g/mol. The van der Waals surface area contributed by atoms with Crippen LogP contribution < -0.4 is 5.32 Å². The molecule has 78 valence electrons. The summed E-state index contributed by atoms with van der Waals surface area (Å²) in [7, 11) is 0. The van der Waals surface area contributed by atoms with Crippen LogP contribution in [0, 0.1) is 18.7 Å². The largest absolute Gasteiger partial charge is 0.382 e. The van der Waals surface area contributed by atoms with Crippen LogP contribution in [0.5, 0.6) is 0 Å². The molecule has 14 heavy (non-hydrogen) atoms. The van der Waals surface area contributed by atoms with Crippen LogP contribution in [0.25, 0.3) is 0 Å². The standard InChI is InChI=1S/C12H18FN/c1-8(2)10(4)14-12-7-5-6-11(13)9(12)3/h5-8,10,14H,1-4H3/t10-/m0/s1. The van der Waals surface area contributed by atoms with Gasteiger partial charge in [-0.05, 0) is 31.9 Å². The molecule has 1 atom stereocenters. The van der Waals surface area contributed by atoms with E-state index in [1.165, 1.54) is 6.07 Å². The summed E-state index contributed by atoms with van der Waals surface area (Å²) in [4.78, 5) is 0. The quantitative estimate of drug-likeness (QED) is 0.777. The van der Waals surface area contributed by atoms with E-state index in [2.05, 4.69) is 26.1 Å². The van der Waals surface area contributed by atoms with E-state index in [0.717, 1.165) is 5.69 Å². The van der Waals surface area contributed by atoms with Gasteiger partial charge in [0.1, 0.15) is 5.82 Å². The van der Waals surface area contributed by atoms with E-state index < -0.39 is 0 Å². The molecule has 1 rings (SSSR count). The Kier molecular flexibility index (Phi) is 3.50. The van der Waals surface area contributed by atoms with Crippen molar-refractivity contribution < 1.29 is 4.39 Å². The number of nitrogens with one attached hydrogen (secondary N) is 1. The van der Waals surface area contributed by atoms with Gasteiger partial charge in [0.15, 0.2) is 0 Å². The van der Waals surface area contributed by atoms with Gasteiger partial charge in [-0.25, -0.2) is 4.39 Å². The van der Waals surface area contributed by atoms with Gasteiger partial charge >= 0.3 is 0 Å². The molecule has 1 aromatic rings. The minimum atomic E-state index is -0.147. The van der Waals surface area contributed by atoms with Crippen LogP contribution in [0.1, 0.15) is 26.3 Å². The molecule has 0 heterocycles. The SMILES string of the molecule is Cc1c(F)cccc1N[C@@H](C)C(C)C. The summed E-state index contributed by atoms with van der Waals surface area (Å²) in [6.45, 7) is 8.19. The van der Waals surface area contributed by atoms with Crippen molar-refractivity contribution in [3.8, 4) is 0 Å². The molecule has 0 spiro atoms. The number of rotatable bonds is 3. The van der Waals surface area contributed by atoms with E-state index in [9.17, 15) is 4.39 Å². The van der Waals surface area contributed by atoms with E-state index in [1.807, 2.05) is 6.07 Å². The molecule has 0 fully saturated rings. The highest BCUT2D eigenvalue weighted by atomic mass is 19.1. The van der Waals surface area contributed by atoms with Crippen LogP contribution in [-0.4, -0.2) is 6.04 Å². The maximum absolute atomic E-state index is 13.2. The van der Waals surface area contributed by atoms with Gasteiger partial charge in [-0.2, -0.15) is 0 Å². The lowest BCUT2D eigenvalue weighted by Crippen LogP contribution is -2.22. The van der Waals surface area contributed by atoms with Crippen molar-refractivity contribution in [1.82, 2.24) is 0 Å². The number of benzene rings is 1. The summed E-state index contributed by atoms with van der Waals surface area (Å²) in [5.41, 5.74) is 1.59. The van der Waals surface area contributed by atoms with Crippen LogP contribution in [0.3, 0.4) is 0 Å². The normalized spacial score (nSPS) is 13.0. The van der Waals surface area contributed by atoms with E-state index in [1.54, 1.807) is 13.0 Å². The zero-order valence-corrected chi connectivity index (χ0v) is 9.26. The summed E-state index contributed by atoms with van der Waals surface area (Å²) >= 11 is 0. The highest BCUT2D eigenvalue weighted by Crippen LogP contribution is 2.19. The van der Waals surface area contributed by atoms with Gasteiger partial charge in [-0.3, -0.25) is 0 Å². The first-order chi connectivity index (χ1) is 6.52. The van der Waals surface area contributed by atoms with Crippen molar-refractivity contribution in [3.63, 3.8) is 0 Å². The van der Waals surface area contributed by atoms with Crippen LogP contribution in [-0.2, 0) is 0 Å². The maximum atomic E-state index is 13.2. The molecule has 0 unspecified atom stereocenters. The minimum absolute atomic E-state index is 0.147. The second-order valence-electron chi connectivity index (χ2n) is 4.09. The Morgan fingerprint density at radius 2 is 1.86 bits per heavy atom. The molecule has 0 saturated heterocycles. The van der Waals surface area contributed by atoms with Crippen LogP contribution in [0.15, 0.2) is 18.2 Å². The van der Waals surface area contributed by atoms with E-state index >= 15 is 0 Å². The van der Waals surface area contributed by atoms with Gasteiger partial charge in [-0.15, -0.1) is 0 Å². The second-order valence-corrected chi connectivity index (χ2v) is 4.09. The zero-order valence-electron chi connectivity index (χ0n) is 9.26. The Balaban J connectivity index is 2.82. The van der Waals surface area contributed by atoms with E-state index in [0.29, 0.717) is 17.5 Å². The van der Waals surface area contributed by atoms with Crippen LogP contribution in [0.4, 0.5) is 10.1 Å². The fourth-order valence-electron chi connectivity index (χ4n) is 1.18. The van der Waals surface area contributed by atoms with Crippen molar-refractivity contribution in [3.05, 3.63) is 29.6 Å². The third-order valence-electron chi connectivity index (χ3n) is 2.65. The average molecular weight is 195 g/mol. The first-order valence-corrected chi connectivity index (χ1v) is 5.04. The smallest absolute Gasteiger partial charge is 0.128 e. The fraction of sp³-hybridized carbons (Fsp3) is 0.500. The lowest BCUT2D eigenvalue weighted by atomic mass is 10.1. The Hall–Kier alpha value is -1.05. The van der Waals surface area contributed by atoms with Gasteiger partial charge in [0, 0.05) is 17.3 Å². The van der Waals surface area contributed by atoms with E-state index in [-0.39, 0.29) is 5.82 Å². The molecule has 1 nitrogen and oxygen atoms in total. The first kappa shape index (κ1) is 11.0. The molecule has 0 bridgehead atoms. The van der Waals surface area contributed by atoms with Crippen molar-refractivity contribution in [2.45, 2.75) is 33.7 Å². The lowest BCUT2D eigenvalue weighted by Gasteiger charge is -2.20. The Labute approximate surface area is 85.3 Å². The predicted octanol–water partition coefficient (Wildman–Crippen LogP) is 3.59. The van der Waals surface area contributed by atoms with Gasteiger partial charge in [0.2, 0.25) is 0 Å².